The highest BCUT2D eigenvalue weighted by Gasteiger charge is 2.46. The van der Waals surface area contributed by atoms with Crippen molar-refractivity contribution in [2.75, 3.05) is 18.4 Å². The Morgan fingerprint density at radius 1 is 0.973 bits per heavy atom. The molecule has 0 atom stereocenters. The van der Waals surface area contributed by atoms with Crippen LogP contribution in [0.25, 0.3) is 33.4 Å². The lowest BCUT2D eigenvalue weighted by Gasteiger charge is -2.38. The molecule has 8 nitrogen and oxygen atoms in total. The number of carbonyl (C=O) groups is 1. The fourth-order valence-corrected chi connectivity index (χ4v) is 4.52. The molecule has 0 unspecified atom stereocenters. The molecule has 0 radical (unpaired) electrons. The molecule has 10 heteroatoms. The number of aromatic nitrogens is 5. The summed E-state index contributed by atoms with van der Waals surface area (Å²) in [7, 11) is 3.64. The second-order valence-corrected chi connectivity index (χ2v) is 9.25. The SMILES string of the molecule is Cn1cc(-c2ccc(Nc3ccnc(-c4ccc5cc(C(=O)N6CC(F)(F)C6)n(C)c5c4)n3)cc2)cn1. The molecule has 1 aliphatic heterocycles. The lowest BCUT2D eigenvalue weighted by molar-refractivity contribution is -0.113. The number of halogens is 2. The van der Waals surface area contributed by atoms with Gasteiger partial charge in [0.25, 0.3) is 11.8 Å². The van der Waals surface area contributed by atoms with Gasteiger partial charge in [0, 0.05) is 54.2 Å². The minimum absolute atomic E-state index is 0.369. The topological polar surface area (TPSA) is 80.9 Å². The van der Waals surface area contributed by atoms with E-state index in [0.29, 0.717) is 17.3 Å². The number of hydrogen-bond donors (Lipinski definition) is 1. The van der Waals surface area contributed by atoms with Gasteiger partial charge in [0.05, 0.1) is 19.3 Å². The molecule has 37 heavy (non-hydrogen) atoms. The van der Waals surface area contributed by atoms with Crippen LogP contribution in [0.15, 0.2) is 73.2 Å². The van der Waals surface area contributed by atoms with E-state index < -0.39 is 24.9 Å². The third-order valence-electron chi connectivity index (χ3n) is 6.51. The smallest absolute Gasteiger partial charge is 0.282 e. The number of anilines is 2. The number of nitrogens with zero attached hydrogens (tertiary/aromatic N) is 6. The van der Waals surface area contributed by atoms with Crippen molar-refractivity contribution in [1.29, 1.82) is 0 Å². The van der Waals surface area contributed by atoms with Gasteiger partial charge in [-0.2, -0.15) is 5.10 Å². The molecular formula is C27H23F2N7O. The number of fused-ring (bicyclic) bond motifs is 1. The van der Waals surface area contributed by atoms with Gasteiger partial charge in [0.1, 0.15) is 11.5 Å². The summed E-state index contributed by atoms with van der Waals surface area (Å²) in [4.78, 5) is 23.0. The van der Waals surface area contributed by atoms with Crippen molar-refractivity contribution >= 4 is 28.3 Å². The van der Waals surface area contributed by atoms with E-state index in [1.165, 1.54) is 0 Å². The normalized spacial score (nSPS) is 14.5. The van der Waals surface area contributed by atoms with Crippen molar-refractivity contribution in [3.8, 4) is 22.5 Å². The van der Waals surface area contributed by atoms with Crippen molar-refractivity contribution < 1.29 is 13.6 Å². The van der Waals surface area contributed by atoms with Crippen LogP contribution in [0.4, 0.5) is 20.3 Å². The Kier molecular flexibility index (Phi) is 5.25. The first-order valence-electron chi connectivity index (χ1n) is 11.7. The molecule has 0 spiro atoms. The van der Waals surface area contributed by atoms with Gasteiger partial charge in [-0.1, -0.05) is 24.3 Å². The van der Waals surface area contributed by atoms with E-state index in [-0.39, 0.29) is 0 Å². The molecule has 3 aromatic heterocycles. The van der Waals surface area contributed by atoms with Crippen molar-refractivity contribution in [3.05, 3.63) is 78.9 Å². The minimum Gasteiger partial charge on any atom is -0.340 e. The van der Waals surface area contributed by atoms with Crippen LogP contribution in [-0.2, 0) is 14.1 Å². The summed E-state index contributed by atoms with van der Waals surface area (Å²) in [5.41, 5.74) is 4.93. The molecule has 0 saturated carbocycles. The van der Waals surface area contributed by atoms with E-state index in [2.05, 4.69) is 20.4 Å². The molecule has 1 fully saturated rings. The summed E-state index contributed by atoms with van der Waals surface area (Å²) in [6.07, 6.45) is 5.47. The van der Waals surface area contributed by atoms with Gasteiger partial charge in [-0.25, -0.2) is 18.7 Å². The third-order valence-corrected chi connectivity index (χ3v) is 6.51. The summed E-state index contributed by atoms with van der Waals surface area (Å²) < 4.78 is 30.0. The zero-order chi connectivity index (χ0) is 25.7. The second-order valence-electron chi connectivity index (χ2n) is 9.25. The lowest BCUT2D eigenvalue weighted by Crippen LogP contribution is -2.58. The quantitative estimate of drug-likeness (QED) is 0.373. The molecule has 0 aliphatic carbocycles. The molecule has 5 aromatic rings. The Balaban J connectivity index is 1.23. The van der Waals surface area contributed by atoms with Crippen molar-refractivity contribution in [2.24, 2.45) is 14.1 Å². The summed E-state index contributed by atoms with van der Waals surface area (Å²) in [6.45, 7) is -1.09. The maximum atomic E-state index is 13.2. The molecular weight excluding hydrogens is 476 g/mol. The molecule has 1 aliphatic rings. The number of amides is 1. The van der Waals surface area contributed by atoms with E-state index in [0.717, 1.165) is 38.2 Å². The number of aryl methyl sites for hydroxylation is 2. The summed E-state index contributed by atoms with van der Waals surface area (Å²) in [6, 6.07) is 17.2. The van der Waals surface area contributed by atoms with Gasteiger partial charge in [0.15, 0.2) is 5.82 Å². The molecule has 1 saturated heterocycles. The average molecular weight is 500 g/mol. The monoisotopic (exact) mass is 499 g/mol. The molecule has 0 bridgehead atoms. The highest BCUT2D eigenvalue weighted by molar-refractivity contribution is 6.00. The number of likely N-dealkylation sites (tertiary alicyclic amines) is 1. The second kappa shape index (κ2) is 8.51. The number of nitrogens with one attached hydrogen (secondary N) is 1. The third kappa shape index (κ3) is 4.31. The average Bonchev–Trinajstić information content (AvgIpc) is 3.45. The van der Waals surface area contributed by atoms with Gasteiger partial charge in [-0.3, -0.25) is 9.48 Å². The van der Waals surface area contributed by atoms with Crippen LogP contribution in [0.5, 0.6) is 0 Å². The number of hydrogen-bond acceptors (Lipinski definition) is 5. The highest BCUT2D eigenvalue weighted by atomic mass is 19.3. The predicted molar refractivity (Wildman–Crippen MR) is 137 cm³/mol. The Bertz CT molecular complexity index is 1630. The van der Waals surface area contributed by atoms with E-state index in [1.54, 1.807) is 34.6 Å². The zero-order valence-corrected chi connectivity index (χ0v) is 20.2. The van der Waals surface area contributed by atoms with E-state index in [4.69, 9.17) is 0 Å². The van der Waals surface area contributed by atoms with Crippen LogP contribution in [0.3, 0.4) is 0 Å². The Labute approximate surface area is 211 Å². The fraction of sp³-hybridized carbons (Fsp3) is 0.185. The van der Waals surface area contributed by atoms with E-state index in [9.17, 15) is 13.6 Å². The molecule has 1 N–H and O–H groups in total. The summed E-state index contributed by atoms with van der Waals surface area (Å²) >= 11 is 0. The number of carbonyl (C=O) groups excluding carboxylic acids is 1. The summed E-state index contributed by atoms with van der Waals surface area (Å²) in [5, 5.41) is 8.36. The van der Waals surface area contributed by atoms with E-state index in [1.807, 2.05) is 61.9 Å². The maximum absolute atomic E-state index is 13.2. The van der Waals surface area contributed by atoms with Crippen molar-refractivity contribution in [1.82, 2.24) is 29.2 Å². The van der Waals surface area contributed by atoms with Crippen molar-refractivity contribution in [2.45, 2.75) is 5.92 Å². The van der Waals surface area contributed by atoms with Gasteiger partial charge in [0.2, 0.25) is 0 Å². The lowest BCUT2D eigenvalue weighted by atomic mass is 10.1. The first kappa shape index (κ1) is 22.8. The molecule has 1 amide bonds. The van der Waals surface area contributed by atoms with Crippen LogP contribution in [0.2, 0.25) is 0 Å². The van der Waals surface area contributed by atoms with Gasteiger partial charge < -0.3 is 14.8 Å². The number of alkyl halides is 2. The maximum Gasteiger partial charge on any atom is 0.282 e. The molecule has 2 aromatic carbocycles. The Morgan fingerprint density at radius 2 is 1.73 bits per heavy atom. The molecule has 6 rings (SSSR count). The van der Waals surface area contributed by atoms with E-state index >= 15 is 0 Å². The highest BCUT2D eigenvalue weighted by Crippen LogP contribution is 2.31. The first-order chi connectivity index (χ1) is 17.8. The van der Waals surface area contributed by atoms with Crippen LogP contribution >= 0.6 is 0 Å². The van der Waals surface area contributed by atoms with Crippen LogP contribution < -0.4 is 5.32 Å². The number of rotatable bonds is 5. The molecule has 186 valence electrons. The van der Waals surface area contributed by atoms with Gasteiger partial charge >= 0.3 is 0 Å². The number of benzene rings is 2. The Hall–Kier alpha value is -4.60. The first-order valence-corrected chi connectivity index (χ1v) is 11.7. The van der Waals surface area contributed by atoms with Crippen LogP contribution in [0.1, 0.15) is 10.5 Å². The standard InChI is InChI=1S/C27H23F2N7O/c1-34-14-20(13-31-34)17-5-7-21(8-6-17)32-24-9-10-30-25(33-24)19-4-3-18-11-23(35(2)22(18)12-19)26(37)36-15-27(28,29)16-36/h3-14H,15-16H2,1-2H3,(H,30,32,33). The molecule has 4 heterocycles. The van der Waals surface area contributed by atoms with Crippen LogP contribution in [0, 0.1) is 0 Å². The zero-order valence-electron chi connectivity index (χ0n) is 20.2. The minimum atomic E-state index is -2.80. The predicted octanol–water partition coefficient (Wildman–Crippen LogP) is 4.87. The van der Waals surface area contributed by atoms with Gasteiger partial charge in [-0.15, -0.1) is 0 Å². The Morgan fingerprint density at radius 3 is 2.43 bits per heavy atom. The van der Waals surface area contributed by atoms with Gasteiger partial charge in [-0.05, 0) is 35.9 Å². The fourth-order valence-electron chi connectivity index (χ4n) is 4.52. The summed E-state index contributed by atoms with van der Waals surface area (Å²) in [5.74, 6) is -2.04. The van der Waals surface area contributed by atoms with Crippen LogP contribution in [-0.4, -0.2) is 54.1 Å². The van der Waals surface area contributed by atoms with Crippen molar-refractivity contribution in [3.63, 3.8) is 0 Å². The largest absolute Gasteiger partial charge is 0.340 e.